The van der Waals surface area contributed by atoms with Crippen LogP contribution in [0.15, 0.2) is 54.7 Å². The predicted molar refractivity (Wildman–Crippen MR) is 118 cm³/mol. The quantitative estimate of drug-likeness (QED) is 0.507. The highest BCUT2D eigenvalue weighted by Gasteiger charge is 2.42. The molecule has 0 spiro atoms. The van der Waals surface area contributed by atoms with E-state index in [4.69, 9.17) is 0 Å². The van der Waals surface area contributed by atoms with Crippen LogP contribution in [0.5, 0.6) is 0 Å². The van der Waals surface area contributed by atoms with Crippen LogP contribution >= 0.6 is 0 Å². The molecule has 2 atom stereocenters. The van der Waals surface area contributed by atoms with Crippen molar-refractivity contribution in [2.75, 3.05) is 31.1 Å². The van der Waals surface area contributed by atoms with E-state index in [1.54, 1.807) is 24.4 Å². The van der Waals surface area contributed by atoms with Crippen LogP contribution in [0.1, 0.15) is 30.7 Å². The molecule has 1 fully saturated rings. The van der Waals surface area contributed by atoms with Gasteiger partial charge in [-0.15, -0.1) is 0 Å². The molecule has 3 aliphatic rings. The Morgan fingerprint density at radius 3 is 2.44 bits per heavy atom. The topological polar surface area (TPSA) is 43.9 Å². The minimum absolute atomic E-state index is 0.181. The SMILES string of the molecule is O=C1C=CN(CCCCN2CC[C@@H]3[C@@H](C2)c2cc(F)ccc2N3c2ccc(F)cc2)C1=O. The predicted octanol–water partition coefficient (Wildman–Crippen LogP) is 3.98. The van der Waals surface area contributed by atoms with Crippen LogP contribution in [0.25, 0.3) is 0 Å². The first-order valence-corrected chi connectivity index (χ1v) is 11.1. The highest BCUT2D eigenvalue weighted by atomic mass is 19.1. The summed E-state index contributed by atoms with van der Waals surface area (Å²) in [5, 5.41) is 0. The maximum absolute atomic E-state index is 14.1. The number of benzene rings is 2. The first-order chi connectivity index (χ1) is 15.5. The second kappa shape index (κ2) is 8.47. The van der Waals surface area contributed by atoms with Gasteiger partial charge in [0.05, 0.1) is 0 Å². The minimum atomic E-state index is -0.454. The van der Waals surface area contributed by atoms with Gasteiger partial charge in [0.25, 0.3) is 5.91 Å². The highest BCUT2D eigenvalue weighted by molar-refractivity contribution is 6.42. The highest BCUT2D eigenvalue weighted by Crippen LogP contribution is 2.48. The summed E-state index contributed by atoms with van der Waals surface area (Å²) in [5.41, 5.74) is 2.94. The number of rotatable bonds is 6. The Labute approximate surface area is 185 Å². The number of hydrogen-bond acceptors (Lipinski definition) is 4. The zero-order chi connectivity index (χ0) is 22.2. The number of likely N-dealkylation sites (tertiary alicyclic amines) is 1. The van der Waals surface area contributed by atoms with Crippen LogP contribution < -0.4 is 4.90 Å². The van der Waals surface area contributed by atoms with Gasteiger partial charge in [0.1, 0.15) is 11.6 Å². The smallest absolute Gasteiger partial charge is 0.298 e. The maximum atomic E-state index is 14.1. The van der Waals surface area contributed by atoms with Gasteiger partial charge in [0, 0.05) is 55.2 Å². The van der Waals surface area contributed by atoms with E-state index in [2.05, 4.69) is 9.80 Å². The molecule has 0 unspecified atom stereocenters. The van der Waals surface area contributed by atoms with Crippen LogP contribution in [-0.4, -0.2) is 53.7 Å². The zero-order valence-electron chi connectivity index (χ0n) is 17.7. The van der Waals surface area contributed by atoms with E-state index in [1.807, 2.05) is 6.07 Å². The van der Waals surface area contributed by atoms with E-state index in [0.29, 0.717) is 6.54 Å². The van der Waals surface area contributed by atoms with Gasteiger partial charge in [-0.2, -0.15) is 0 Å². The molecule has 5 rings (SSSR count). The van der Waals surface area contributed by atoms with Crippen LogP contribution in [0.2, 0.25) is 0 Å². The number of ketones is 1. The van der Waals surface area contributed by atoms with E-state index in [0.717, 1.165) is 55.8 Å². The monoisotopic (exact) mass is 437 g/mol. The molecule has 1 saturated heterocycles. The van der Waals surface area contributed by atoms with Crippen molar-refractivity contribution in [2.45, 2.75) is 31.2 Å². The van der Waals surface area contributed by atoms with Crippen molar-refractivity contribution in [1.82, 2.24) is 9.80 Å². The standard InChI is InChI=1S/C25H25F2N3O2/c26-17-3-6-19(7-4-17)30-22-8-5-18(27)15-20(22)21-16-28(13-9-23(21)30)11-1-2-12-29-14-10-24(31)25(29)32/h3-8,10,14-15,21,23H,1-2,9,11-13,16H2/t21-,23+/m0/s1. The van der Waals surface area contributed by atoms with Crippen molar-refractivity contribution in [3.63, 3.8) is 0 Å². The molecule has 0 aliphatic carbocycles. The number of carbonyl (C=O) groups is 2. The Kier molecular flexibility index (Phi) is 5.51. The third kappa shape index (κ3) is 3.81. The van der Waals surface area contributed by atoms with Crippen molar-refractivity contribution in [3.8, 4) is 0 Å². The number of hydrogen-bond donors (Lipinski definition) is 0. The summed E-state index contributed by atoms with van der Waals surface area (Å²) < 4.78 is 27.6. The Bertz CT molecular complexity index is 1070. The molecule has 7 heteroatoms. The maximum Gasteiger partial charge on any atom is 0.298 e. The van der Waals surface area contributed by atoms with E-state index in [1.165, 1.54) is 29.2 Å². The molecule has 3 heterocycles. The molecular formula is C25H25F2N3O2. The molecule has 5 nitrogen and oxygen atoms in total. The Morgan fingerprint density at radius 1 is 0.938 bits per heavy atom. The summed E-state index contributed by atoms with van der Waals surface area (Å²) in [7, 11) is 0. The van der Waals surface area contributed by atoms with Crippen LogP contribution in [0.3, 0.4) is 0 Å². The van der Waals surface area contributed by atoms with E-state index >= 15 is 0 Å². The van der Waals surface area contributed by atoms with Crippen molar-refractivity contribution in [1.29, 1.82) is 0 Å². The molecule has 0 aromatic heterocycles. The molecule has 2 aromatic carbocycles. The molecule has 2 aromatic rings. The fourth-order valence-corrected chi connectivity index (χ4v) is 5.21. The van der Waals surface area contributed by atoms with Gasteiger partial charge in [0.15, 0.2) is 0 Å². The molecule has 0 saturated carbocycles. The fraction of sp³-hybridized carbons (Fsp3) is 0.360. The Hall–Kier alpha value is -3.06. The van der Waals surface area contributed by atoms with Crippen LogP contribution in [0, 0.1) is 11.6 Å². The molecule has 166 valence electrons. The van der Waals surface area contributed by atoms with Crippen molar-refractivity contribution >= 4 is 23.1 Å². The van der Waals surface area contributed by atoms with Crippen molar-refractivity contribution < 1.29 is 18.4 Å². The van der Waals surface area contributed by atoms with Gasteiger partial charge < -0.3 is 14.7 Å². The molecule has 0 bridgehead atoms. The number of nitrogens with zero attached hydrogens (tertiary/aromatic N) is 3. The van der Waals surface area contributed by atoms with Crippen LogP contribution in [-0.2, 0) is 9.59 Å². The molecular weight excluding hydrogens is 412 g/mol. The molecule has 3 aliphatic heterocycles. The van der Waals surface area contributed by atoms with Gasteiger partial charge in [-0.1, -0.05) is 0 Å². The Balaban J connectivity index is 1.25. The zero-order valence-corrected chi connectivity index (χ0v) is 17.7. The number of unbranched alkanes of at least 4 members (excludes halogenated alkanes) is 1. The third-order valence-electron chi connectivity index (χ3n) is 6.75. The number of anilines is 2. The first kappa shape index (κ1) is 20.8. The average molecular weight is 437 g/mol. The normalized spacial score (nSPS) is 22.6. The summed E-state index contributed by atoms with van der Waals surface area (Å²) >= 11 is 0. The molecule has 0 N–H and O–H groups in total. The number of piperidine rings is 1. The lowest BCUT2D eigenvalue weighted by molar-refractivity contribution is -0.139. The van der Waals surface area contributed by atoms with Crippen LogP contribution in [0.4, 0.5) is 20.2 Å². The summed E-state index contributed by atoms with van der Waals surface area (Å²) in [6.45, 7) is 3.20. The number of halogens is 2. The lowest BCUT2D eigenvalue weighted by atomic mass is 9.89. The van der Waals surface area contributed by atoms with E-state index in [-0.39, 0.29) is 23.6 Å². The average Bonchev–Trinajstić information content (AvgIpc) is 3.28. The summed E-state index contributed by atoms with van der Waals surface area (Å²) in [4.78, 5) is 29.1. The molecule has 0 radical (unpaired) electrons. The number of fused-ring (bicyclic) bond motifs is 3. The summed E-state index contributed by atoms with van der Waals surface area (Å²) in [5.74, 6) is -1.23. The number of amides is 1. The number of carbonyl (C=O) groups excluding carboxylic acids is 2. The van der Waals surface area contributed by atoms with Gasteiger partial charge in [-0.3, -0.25) is 9.59 Å². The molecule has 32 heavy (non-hydrogen) atoms. The van der Waals surface area contributed by atoms with Crippen molar-refractivity contribution in [3.05, 3.63) is 71.9 Å². The van der Waals surface area contributed by atoms with Gasteiger partial charge in [-0.05, 0) is 73.8 Å². The van der Waals surface area contributed by atoms with E-state index < -0.39 is 11.7 Å². The van der Waals surface area contributed by atoms with Gasteiger partial charge in [0.2, 0.25) is 5.78 Å². The summed E-state index contributed by atoms with van der Waals surface area (Å²) in [6.07, 6.45) is 5.54. The third-order valence-corrected chi connectivity index (χ3v) is 6.75. The van der Waals surface area contributed by atoms with Crippen molar-refractivity contribution in [2.24, 2.45) is 0 Å². The minimum Gasteiger partial charge on any atom is -0.337 e. The lowest BCUT2D eigenvalue weighted by Gasteiger charge is -2.39. The van der Waals surface area contributed by atoms with Gasteiger partial charge in [-0.25, -0.2) is 8.78 Å². The van der Waals surface area contributed by atoms with Gasteiger partial charge >= 0.3 is 0 Å². The first-order valence-electron chi connectivity index (χ1n) is 11.1. The fourth-order valence-electron chi connectivity index (χ4n) is 5.21. The second-order valence-corrected chi connectivity index (χ2v) is 8.70. The Morgan fingerprint density at radius 2 is 1.69 bits per heavy atom. The molecule has 1 amide bonds. The second-order valence-electron chi connectivity index (χ2n) is 8.70. The largest absolute Gasteiger partial charge is 0.337 e. The summed E-state index contributed by atoms with van der Waals surface area (Å²) in [6, 6.07) is 11.7. The van der Waals surface area contributed by atoms with E-state index in [9.17, 15) is 18.4 Å². The lowest BCUT2D eigenvalue weighted by Crippen LogP contribution is -2.45.